The number of carbonyl (C=O) groups excluding carboxylic acids is 1. The molecule has 1 rings (SSSR count). The molecule has 1 unspecified atom stereocenters. The molecule has 0 saturated heterocycles. The fraction of sp³-hybridized carbons (Fsp3) is 0.636. The molecule has 1 heterocycles. The van der Waals surface area contributed by atoms with Gasteiger partial charge >= 0.3 is 0 Å². The van der Waals surface area contributed by atoms with Gasteiger partial charge in [0.1, 0.15) is 5.69 Å². The zero-order valence-corrected chi connectivity index (χ0v) is 10.7. The van der Waals surface area contributed by atoms with Crippen molar-refractivity contribution in [3.63, 3.8) is 0 Å². The molecule has 1 aromatic rings. The van der Waals surface area contributed by atoms with E-state index in [2.05, 4.69) is 10.4 Å². The molecule has 1 amide bonds. The number of halogens is 1. The van der Waals surface area contributed by atoms with E-state index in [0.29, 0.717) is 11.6 Å². The Morgan fingerprint density at radius 3 is 2.81 bits per heavy atom. The molecule has 0 aliphatic rings. The van der Waals surface area contributed by atoms with Crippen LogP contribution in [0, 0.1) is 0 Å². The van der Waals surface area contributed by atoms with Crippen LogP contribution in [0.5, 0.6) is 0 Å². The van der Waals surface area contributed by atoms with E-state index in [1.165, 1.54) is 0 Å². The first-order chi connectivity index (χ1) is 7.52. The summed E-state index contributed by atoms with van der Waals surface area (Å²) >= 11 is 5.74. The van der Waals surface area contributed by atoms with E-state index >= 15 is 0 Å². The number of amides is 1. The summed E-state index contributed by atoms with van der Waals surface area (Å²) in [4.78, 5) is 12.0. The van der Waals surface area contributed by atoms with Gasteiger partial charge in [0, 0.05) is 24.7 Å². The molecule has 4 nitrogen and oxygen atoms in total. The molecular formula is C11H18ClN3O. The molecule has 1 N–H and O–H groups in total. The average molecular weight is 244 g/mol. The lowest BCUT2D eigenvalue weighted by molar-refractivity contribution is 0.0892. The second-order valence-corrected chi connectivity index (χ2v) is 4.53. The standard InChI is InChI=1S/C11H18ClN3O/c1-4-11(2,6-7-12)14-10(16)9-5-8-13-15(9)3/h5,8H,4,6-7H2,1-3H3,(H,14,16). The molecule has 0 bridgehead atoms. The molecule has 0 aromatic carbocycles. The van der Waals surface area contributed by atoms with Crippen LogP contribution in [0.3, 0.4) is 0 Å². The van der Waals surface area contributed by atoms with Crippen LogP contribution in [-0.4, -0.2) is 27.1 Å². The summed E-state index contributed by atoms with van der Waals surface area (Å²) in [5.74, 6) is 0.435. The molecule has 0 aliphatic carbocycles. The summed E-state index contributed by atoms with van der Waals surface area (Å²) in [6.07, 6.45) is 3.22. The molecule has 0 radical (unpaired) electrons. The molecule has 1 aromatic heterocycles. The van der Waals surface area contributed by atoms with Crippen LogP contribution >= 0.6 is 11.6 Å². The number of alkyl halides is 1. The first kappa shape index (κ1) is 13.0. The first-order valence-electron chi connectivity index (χ1n) is 5.39. The Morgan fingerprint density at radius 2 is 2.38 bits per heavy atom. The highest BCUT2D eigenvalue weighted by atomic mass is 35.5. The van der Waals surface area contributed by atoms with Crippen LogP contribution in [0.2, 0.25) is 0 Å². The quantitative estimate of drug-likeness (QED) is 0.804. The Hall–Kier alpha value is -1.03. The SMILES string of the molecule is CCC(C)(CCCl)NC(=O)c1ccnn1C. The number of carbonyl (C=O) groups is 1. The highest BCUT2D eigenvalue weighted by Gasteiger charge is 2.25. The predicted octanol–water partition coefficient (Wildman–Crippen LogP) is 1.95. The largest absolute Gasteiger partial charge is 0.346 e. The smallest absolute Gasteiger partial charge is 0.269 e. The number of nitrogens with zero attached hydrogens (tertiary/aromatic N) is 2. The molecule has 0 spiro atoms. The Morgan fingerprint density at radius 1 is 1.69 bits per heavy atom. The first-order valence-corrected chi connectivity index (χ1v) is 5.92. The second kappa shape index (κ2) is 5.34. The van der Waals surface area contributed by atoms with E-state index in [0.717, 1.165) is 12.8 Å². The number of hydrogen-bond acceptors (Lipinski definition) is 2. The van der Waals surface area contributed by atoms with Gasteiger partial charge in [0.15, 0.2) is 0 Å². The molecule has 16 heavy (non-hydrogen) atoms. The number of nitrogens with one attached hydrogen (secondary N) is 1. The molecule has 5 heteroatoms. The summed E-state index contributed by atoms with van der Waals surface area (Å²) in [7, 11) is 1.75. The highest BCUT2D eigenvalue weighted by molar-refractivity contribution is 6.17. The van der Waals surface area contributed by atoms with E-state index in [-0.39, 0.29) is 11.4 Å². The van der Waals surface area contributed by atoms with Gasteiger partial charge in [-0.2, -0.15) is 5.10 Å². The predicted molar refractivity (Wildman–Crippen MR) is 64.7 cm³/mol. The van der Waals surface area contributed by atoms with Crippen molar-refractivity contribution in [1.29, 1.82) is 0 Å². The summed E-state index contributed by atoms with van der Waals surface area (Å²) in [5.41, 5.74) is 0.317. The van der Waals surface area contributed by atoms with Gasteiger partial charge in [-0.25, -0.2) is 0 Å². The second-order valence-electron chi connectivity index (χ2n) is 4.15. The molecule has 0 saturated carbocycles. The third-order valence-corrected chi connectivity index (χ3v) is 3.08. The Labute approximate surface area is 101 Å². The molecule has 90 valence electrons. The van der Waals surface area contributed by atoms with Gasteiger partial charge in [0.05, 0.1) is 0 Å². The number of hydrogen-bond donors (Lipinski definition) is 1. The van der Waals surface area contributed by atoms with Gasteiger partial charge < -0.3 is 5.32 Å². The van der Waals surface area contributed by atoms with Crippen molar-refractivity contribution >= 4 is 17.5 Å². The summed E-state index contributed by atoms with van der Waals surface area (Å²) in [5, 5.41) is 6.97. The lowest BCUT2D eigenvalue weighted by atomic mass is 9.95. The monoisotopic (exact) mass is 243 g/mol. The minimum Gasteiger partial charge on any atom is -0.346 e. The van der Waals surface area contributed by atoms with Gasteiger partial charge in [-0.3, -0.25) is 9.48 Å². The van der Waals surface area contributed by atoms with Gasteiger partial charge in [-0.1, -0.05) is 6.92 Å². The van der Waals surface area contributed by atoms with Crippen LogP contribution in [-0.2, 0) is 7.05 Å². The molecular weight excluding hydrogens is 226 g/mol. The maximum Gasteiger partial charge on any atom is 0.269 e. The van der Waals surface area contributed by atoms with Crippen LogP contribution < -0.4 is 5.32 Å². The van der Waals surface area contributed by atoms with Crippen molar-refractivity contribution in [2.75, 3.05) is 5.88 Å². The Bertz CT molecular complexity index is 364. The molecule has 0 aliphatic heterocycles. The summed E-state index contributed by atoms with van der Waals surface area (Å²) in [6.45, 7) is 4.04. The normalized spacial score (nSPS) is 14.5. The topological polar surface area (TPSA) is 46.9 Å². The maximum atomic E-state index is 12.0. The van der Waals surface area contributed by atoms with Gasteiger partial charge in [-0.05, 0) is 25.8 Å². The van der Waals surface area contributed by atoms with Crippen molar-refractivity contribution < 1.29 is 4.79 Å². The van der Waals surface area contributed by atoms with Crippen LogP contribution in [0.4, 0.5) is 0 Å². The van der Waals surface area contributed by atoms with E-state index in [1.807, 2.05) is 13.8 Å². The number of aromatic nitrogens is 2. The molecule has 1 atom stereocenters. The maximum absolute atomic E-state index is 12.0. The van der Waals surface area contributed by atoms with Gasteiger partial charge in [0.2, 0.25) is 0 Å². The highest BCUT2D eigenvalue weighted by Crippen LogP contribution is 2.16. The minimum atomic E-state index is -0.247. The lowest BCUT2D eigenvalue weighted by Gasteiger charge is -2.28. The van der Waals surface area contributed by atoms with E-state index < -0.39 is 0 Å². The van der Waals surface area contributed by atoms with Crippen LogP contribution in [0.25, 0.3) is 0 Å². The zero-order valence-electron chi connectivity index (χ0n) is 9.96. The fourth-order valence-electron chi connectivity index (χ4n) is 1.47. The van der Waals surface area contributed by atoms with Crippen molar-refractivity contribution in [3.8, 4) is 0 Å². The summed E-state index contributed by atoms with van der Waals surface area (Å²) in [6, 6.07) is 1.70. The third kappa shape index (κ3) is 2.98. The van der Waals surface area contributed by atoms with Crippen molar-refractivity contribution in [3.05, 3.63) is 18.0 Å². The molecule has 0 fully saturated rings. The zero-order chi connectivity index (χ0) is 12.2. The van der Waals surface area contributed by atoms with E-state index in [1.54, 1.807) is 24.0 Å². The van der Waals surface area contributed by atoms with Crippen molar-refractivity contribution in [2.45, 2.75) is 32.2 Å². The minimum absolute atomic E-state index is 0.102. The Balaban J connectivity index is 2.73. The number of rotatable bonds is 5. The van der Waals surface area contributed by atoms with Gasteiger partial charge in [0.25, 0.3) is 5.91 Å². The number of aryl methyl sites for hydroxylation is 1. The summed E-state index contributed by atoms with van der Waals surface area (Å²) < 4.78 is 1.56. The average Bonchev–Trinajstić information content (AvgIpc) is 2.65. The fourth-order valence-corrected chi connectivity index (χ4v) is 1.89. The lowest BCUT2D eigenvalue weighted by Crippen LogP contribution is -2.46. The van der Waals surface area contributed by atoms with Crippen molar-refractivity contribution in [1.82, 2.24) is 15.1 Å². The third-order valence-electron chi connectivity index (χ3n) is 2.90. The van der Waals surface area contributed by atoms with Gasteiger partial charge in [-0.15, -0.1) is 11.6 Å². The van der Waals surface area contributed by atoms with Crippen molar-refractivity contribution in [2.24, 2.45) is 7.05 Å². The van der Waals surface area contributed by atoms with E-state index in [9.17, 15) is 4.79 Å². The Kier molecular flexibility index (Phi) is 4.35. The van der Waals surface area contributed by atoms with Crippen LogP contribution in [0.15, 0.2) is 12.3 Å². The van der Waals surface area contributed by atoms with E-state index in [4.69, 9.17) is 11.6 Å². The van der Waals surface area contributed by atoms with Crippen LogP contribution in [0.1, 0.15) is 37.2 Å².